The lowest BCUT2D eigenvalue weighted by atomic mass is 9.71. The lowest BCUT2D eigenvalue weighted by Crippen LogP contribution is -2.66. The average molecular weight is 592 g/mol. The van der Waals surface area contributed by atoms with E-state index in [2.05, 4.69) is 6.07 Å². The molecule has 5 rings (SSSR count). The summed E-state index contributed by atoms with van der Waals surface area (Å²) in [4.78, 5) is 55.6. The van der Waals surface area contributed by atoms with Crippen molar-refractivity contribution in [2.75, 3.05) is 35.0 Å². The number of fused-ring (bicyclic) bond motifs is 6. The zero-order valence-corrected chi connectivity index (χ0v) is 25.3. The molecule has 1 saturated heterocycles. The van der Waals surface area contributed by atoms with Gasteiger partial charge in [-0.2, -0.15) is 5.26 Å². The van der Waals surface area contributed by atoms with Gasteiger partial charge in [0.05, 0.1) is 39.5 Å². The fourth-order valence-corrected chi connectivity index (χ4v) is 6.91. The molecule has 0 unspecified atom stereocenters. The van der Waals surface area contributed by atoms with Crippen LogP contribution in [0, 0.1) is 18.3 Å². The summed E-state index contributed by atoms with van der Waals surface area (Å²) in [6.07, 6.45) is 1.91. The number of benzene rings is 1. The van der Waals surface area contributed by atoms with Gasteiger partial charge in [-0.15, -0.1) is 0 Å². The molecule has 0 spiro atoms. The number of esters is 2. The molecule has 3 heterocycles. The first-order valence-corrected chi connectivity index (χ1v) is 13.7. The highest BCUT2D eigenvalue weighted by molar-refractivity contribution is 6.25. The van der Waals surface area contributed by atoms with Gasteiger partial charge in [-0.25, -0.2) is 0 Å². The van der Waals surface area contributed by atoms with Crippen molar-refractivity contribution in [2.24, 2.45) is 0 Å². The zero-order chi connectivity index (χ0) is 31.5. The molecule has 1 aromatic rings. The Bertz CT molecular complexity index is 1610. The first-order valence-electron chi connectivity index (χ1n) is 13.7. The van der Waals surface area contributed by atoms with Crippen LogP contribution in [0.15, 0.2) is 28.2 Å². The SMILES string of the molecule is COC1=C(C)C(=O)C2=C(C1=O)[C@H]1C3=Cc4c(OC(C)=O)c(C)c(OC)c(OC)c4[C@H](COC(C)=O)N3[C@@H](C#N)[C@H](C2)N1C. The van der Waals surface area contributed by atoms with E-state index in [9.17, 15) is 24.4 Å². The van der Waals surface area contributed by atoms with Gasteiger partial charge in [0, 0.05) is 59.0 Å². The molecule has 0 aromatic heterocycles. The number of hydrogen-bond acceptors (Lipinski definition) is 12. The predicted octanol–water partition coefficient (Wildman–Crippen LogP) is 2.55. The Kier molecular flexibility index (Phi) is 7.56. The van der Waals surface area contributed by atoms with Crippen molar-refractivity contribution in [3.8, 4) is 23.3 Å². The van der Waals surface area contributed by atoms with Crippen molar-refractivity contribution >= 4 is 29.6 Å². The molecule has 0 amide bonds. The highest BCUT2D eigenvalue weighted by atomic mass is 16.5. The molecule has 2 bridgehead atoms. The van der Waals surface area contributed by atoms with Crippen LogP contribution in [0.4, 0.5) is 0 Å². The summed E-state index contributed by atoms with van der Waals surface area (Å²) < 4.78 is 28.2. The second-order valence-electron chi connectivity index (χ2n) is 10.9. The van der Waals surface area contributed by atoms with Crippen molar-refractivity contribution in [3.63, 3.8) is 0 Å². The molecule has 1 aromatic carbocycles. The topological polar surface area (TPSA) is 145 Å². The van der Waals surface area contributed by atoms with Gasteiger partial charge in [0.1, 0.15) is 18.4 Å². The summed E-state index contributed by atoms with van der Waals surface area (Å²) in [7, 11) is 6.08. The molecule has 226 valence electrons. The van der Waals surface area contributed by atoms with E-state index >= 15 is 0 Å². The summed E-state index contributed by atoms with van der Waals surface area (Å²) in [5.41, 5.74) is 2.75. The number of allylic oxidation sites excluding steroid dienone is 2. The van der Waals surface area contributed by atoms with E-state index in [4.69, 9.17) is 23.7 Å². The fourth-order valence-electron chi connectivity index (χ4n) is 6.91. The summed E-state index contributed by atoms with van der Waals surface area (Å²) in [6, 6.07) is -0.495. The van der Waals surface area contributed by atoms with Crippen molar-refractivity contribution in [3.05, 3.63) is 44.9 Å². The van der Waals surface area contributed by atoms with Crippen molar-refractivity contribution in [1.82, 2.24) is 9.80 Å². The highest BCUT2D eigenvalue weighted by Gasteiger charge is 2.56. The molecule has 0 radical (unpaired) electrons. The minimum Gasteiger partial charge on any atom is -0.492 e. The van der Waals surface area contributed by atoms with Gasteiger partial charge >= 0.3 is 11.9 Å². The molecule has 3 aliphatic heterocycles. The van der Waals surface area contributed by atoms with E-state index in [0.29, 0.717) is 39.5 Å². The van der Waals surface area contributed by atoms with Crippen molar-refractivity contribution in [2.45, 2.75) is 58.3 Å². The number of likely N-dealkylation sites (N-methyl/N-ethyl adjacent to an activating group) is 1. The maximum absolute atomic E-state index is 13.9. The van der Waals surface area contributed by atoms with Gasteiger partial charge in [0.25, 0.3) is 0 Å². The van der Waals surface area contributed by atoms with Gasteiger partial charge in [0.2, 0.25) is 5.78 Å². The van der Waals surface area contributed by atoms with Crippen LogP contribution in [-0.2, 0) is 28.7 Å². The highest BCUT2D eigenvalue weighted by Crippen LogP contribution is 2.55. The quantitative estimate of drug-likeness (QED) is 0.272. The summed E-state index contributed by atoms with van der Waals surface area (Å²) >= 11 is 0. The second kappa shape index (κ2) is 10.9. The van der Waals surface area contributed by atoms with Gasteiger partial charge in [-0.3, -0.25) is 24.1 Å². The number of ketones is 2. The molecule has 0 N–H and O–H groups in total. The summed E-state index contributed by atoms with van der Waals surface area (Å²) in [5.74, 6) is -1.02. The maximum Gasteiger partial charge on any atom is 0.308 e. The molecule has 1 fully saturated rings. The van der Waals surface area contributed by atoms with Gasteiger partial charge < -0.3 is 28.6 Å². The van der Waals surface area contributed by atoms with Gasteiger partial charge in [-0.05, 0) is 33.4 Å². The third-order valence-corrected chi connectivity index (χ3v) is 8.65. The molecule has 12 heteroatoms. The number of hydrogen-bond donors (Lipinski definition) is 0. The largest absolute Gasteiger partial charge is 0.492 e. The molecular weight excluding hydrogens is 558 g/mol. The van der Waals surface area contributed by atoms with Crippen LogP contribution in [0.1, 0.15) is 49.9 Å². The Balaban J connectivity index is 1.88. The van der Waals surface area contributed by atoms with E-state index in [0.717, 1.165) is 0 Å². The first kappa shape index (κ1) is 29.8. The number of methoxy groups -OCH3 is 3. The van der Waals surface area contributed by atoms with Crippen LogP contribution >= 0.6 is 0 Å². The number of carbonyl (C=O) groups excluding carboxylic acids is 4. The van der Waals surface area contributed by atoms with Crippen LogP contribution in [-0.4, -0.2) is 86.4 Å². The summed E-state index contributed by atoms with van der Waals surface area (Å²) in [5, 5.41) is 10.6. The Morgan fingerprint density at radius 3 is 2.23 bits per heavy atom. The number of carbonyl (C=O) groups is 4. The van der Waals surface area contributed by atoms with E-state index in [-0.39, 0.29) is 41.5 Å². The van der Waals surface area contributed by atoms with Crippen LogP contribution in [0.3, 0.4) is 0 Å². The lowest BCUT2D eigenvalue weighted by molar-refractivity contribution is -0.143. The smallest absolute Gasteiger partial charge is 0.308 e. The number of ether oxygens (including phenoxy) is 5. The average Bonchev–Trinajstić information content (AvgIpc) is 2.96. The number of nitriles is 1. The maximum atomic E-state index is 13.9. The molecular formula is C31H33N3O9. The van der Waals surface area contributed by atoms with Crippen molar-refractivity contribution < 1.29 is 42.9 Å². The van der Waals surface area contributed by atoms with E-state index in [1.165, 1.54) is 35.2 Å². The molecule has 4 atom stereocenters. The van der Waals surface area contributed by atoms with E-state index < -0.39 is 41.9 Å². The van der Waals surface area contributed by atoms with Crippen LogP contribution in [0.2, 0.25) is 0 Å². The minimum atomic E-state index is -0.833. The Hall–Kier alpha value is -4.63. The first-order chi connectivity index (χ1) is 20.4. The predicted molar refractivity (Wildman–Crippen MR) is 151 cm³/mol. The van der Waals surface area contributed by atoms with E-state index in [1.54, 1.807) is 27.0 Å². The molecule has 43 heavy (non-hydrogen) atoms. The molecule has 0 saturated carbocycles. The van der Waals surface area contributed by atoms with Crippen LogP contribution in [0.5, 0.6) is 17.2 Å². The fraction of sp³-hybridized carbons (Fsp3) is 0.452. The Morgan fingerprint density at radius 2 is 1.67 bits per heavy atom. The monoisotopic (exact) mass is 591 g/mol. The Labute approximate surface area is 249 Å². The zero-order valence-electron chi connectivity index (χ0n) is 25.3. The van der Waals surface area contributed by atoms with E-state index in [1.807, 2.05) is 9.80 Å². The van der Waals surface area contributed by atoms with Crippen LogP contribution in [0.25, 0.3) is 6.08 Å². The lowest BCUT2D eigenvalue weighted by Gasteiger charge is -2.57. The summed E-state index contributed by atoms with van der Waals surface area (Å²) in [6.45, 7) is 5.64. The number of rotatable bonds is 6. The third-order valence-electron chi connectivity index (χ3n) is 8.65. The number of nitrogens with zero attached hydrogens (tertiary/aromatic N) is 3. The second-order valence-corrected chi connectivity index (χ2v) is 10.9. The Morgan fingerprint density at radius 1 is 1.00 bits per heavy atom. The third kappa shape index (κ3) is 4.29. The number of Topliss-reactive ketones (excluding diaryl/α,β-unsaturated/α-hetero) is 2. The van der Waals surface area contributed by atoms with Gasteiger partial charge in [-0.1, -0.05) is 0 Å². The molecule has 12 nitrogen and oxygen atoms in total. The standard InChI is InChI=1S/C31H33N3O9/c1-13-26(37)17-9-19-21(11-32)34-20(25(33(19)5)24(17)27(38)29(13)39-6)10-18-23(22(34)12-42-15(3)35)31(41-8)30(40-7)14(2)28(18)43-16(4)36/h10,19,21-22,25H,9,12H2,1-8H3/t19-,21-,22-,25+/m0/s1. The minimum absolute atomic E-state index is 0.0271. The van der Waals surface area contributed by atoms with Crippen LogP contribution < -0.4 is 14.2 Å². The number of piperazine rings is 1. The molecule has 1 aliphatic carbocycles. The van der Waals surface area contributed by atoms with Gasteiger partial charge in [0.15, 0.2) is 23.0 Å². The molecule has 4 aliphatic rings. The normalized spacial score (nSPS) is 24.3. The van der Waals surface area contributed by atoms with Crippen molar-refractivity contribution in [1.29, 1.82) is 5.26 Å².